The van der Waals surface area contributed by atoms with Crippen LogP contribution in [0.3, 0.4) is 0 Å². The molecule has 0 aliphatic rings. The second-order valence-electron chi connectivity index (χ2n) is 2.97. The van der Waals surface area contributed by atoms with Crippen LogP contribution in [-0.2, 0) is 5.75 Å². The molecule has 3 nitrogen and oxygen atoms in total. The van der Waals surface area contributed by atoms with Gasteiger partial charge in [-0.3, -0.25) is 0 Å². The lowest BCUT2D eigenvalue weighted by Gasteiger charge is -1.94. The Morgan fingerprint density at radius 3 is 3.07 bits per heavy atom. The van der Waals surface area contributed by atoms with E-state index in [-0.39, 0.29) is 0 Å². The van der Waals surface area contributed by atoms with Crippen molar-refractivity contribution in [2.75, 3.05) is 12.3 Å². The van der Waals surface area contributed by atoms with E-state index >= 15 is 0 Å². The normalized spacial score (nSPS) is 10.9. The van der Waals surface area contributed by atoms with Crippen LogP contribution in [0.5, 0.6) is 0 Å². The van der Waals surface area contributed by atoms with Crippen molar-refractivity contribution in [3.05, 3.63) is 30.0 Å². The van der Waals surface area contributed by atoms with Gasteiger partial charge >= 0.3 is 0 Å². The van der Waals surface area contributed by atoms with Crippen LogP contribution in [-0.4, -0.2) is 17.5 Å². The van der Waals surface area contributed by atoms with Crippen LogP contribution in [0.25, 0.3) is 11.0 Å². The fourth-order valence-electron chi connectivity index (χ4n) is 1.29. The highest BCUT2D eigenvalue weighted by Crippen LogP contribution is 2.21. The van der Waals surface area contributed by atoms with Gasteiger partial charge in [-0.15, -0.1) is 0 Å². The number of fused-ring (bicyclic) bond motifs is 1. The lowest BCUT2D eigenvalue weighted by atomic mass is 10.2. The number of para-hydroxylation sites is 1. The quantitative estimate of drug-likeness (QED) is 0.781. The van der Waals surface area contributed by atoms with Crippen molar-refractivity contribution in [2.24, 2.45) is 5.73 Å². The summed E-state index contributed by atoms with van der Waals surface area (Å²) >= 11 is 1.78. The van der Waals surface area contributed by atoms with Gasteiger partial charge in [0.1, 0.15) is 5.69 Å². The smallest absolute Gasteiger partial charge is 0.167 e. The number of nitrogens with zero attached hydrogens (tertiary/aromatic N) is 1. The molecule has 2 N–H and O–H groups in total. The number of benzene rings is 1. The molecule has 1 heterocycles. The second-order valence-corrected chi connectivity index (χ2v) is 4.07. The van der Waals surface area contributed by atoms with Crippen LogP contribution in [0.1, 0.15) is 5.69 Å². The fourth-order valence-corrected chi connectivity index (χ4v) is 2.01. The molecule has 0 atom stereocenters. The zero-order chi connectivity index (χ0) is 9.80. The van der Waals surface area contributed by atoms with E-state index in [1.165, 1.54) is 0 Å². The summed E-state index contributed by atoms with van der Waals surface area (Å²) in [6.45, 7) is 0.709. The van der Waals surface area contributed by atoms with Crippen molar-refractivity contribution in [3.8, 4) is 0 Å². The van der Waals surface area contributed by atoms with Crippen molar-refractivity contribution >= 4 is 22.7 Å². The molecule has 74 valence electrons. The van der Waals surface area contributed by atoms with Crippen LogP contribution in [0.2, 0.25) is 0 Å². The van der Waals surface area contributed by atoms with Gasteiger partial charge in [0.2, 0.25) is 0 Å². The molecule has 1 aromatic heterocycles. The zero-order valence-electron chi connectivity index (χ0n) is 7.77. The number of nitrogens with two attached hydrogens (primary N) is 1. The lowest BCUT2D eigenvalue weighted by molar-refractivity contribution is 0.449. The maximum Gasteiger partial charge on any atom is 0.167 e. The predicted molar refractivity (Wildman–Crippen MR) is 59.2 cm³/mol. The Balaban J connectivity index is 2.17. The Morgan fingerprint density at radius 1 is 1.36 bits per heavy atom. The van der Waals surface area contributed by atoms with Gasteiger partial charge in [-0.1, -0.05) is 17.3 Å². The third kappa shape index (κ3) is 1.91. The van der Waals surface area contributed by atoms with Gasteiger partial charge in [-0.05, 0) is 12.1 Å². The molecule has 0 amide bonds. The monoisotopic (exact) mass is 208 g/mol. The molecular formula is C10H12N2OS. The van der Waals surface area contributed by atoms with E-state index in [1.54, 1.807) is 11.8 Å². The van der Waals surface area contributed by atoms with E-state index in [0.717, 1.165) is 28.2 Å². The molecule has 14 heavy (non-hydrogen) atoms. The van der Waals surface area contributed by atoms with E-state index in [4.69, 9.17) is 10.3 Å². The fraction of sp³-hybridized carbons (Fsp3) is 0.300. The topological polar surface area (TPSA) is 52.0 Å². The van der Waals surface area contributed by atoms with Gasteiger partial charge in [0, 0.05) is 23.4 Å². The molecule has 0 saturated carbocycles. The first-order valence-electron chi connectivity index (χ1n) is 4.53. The molecule has 4 heteroatoms. The lowest BCUT2D eigenvalue weighted by Crippen LogP contribution is -2.01. The van der Waals surface area contributed by atoms with Crippen molar-refractivity contribution in [3.63, 3.8) is 0 Å². The molecule has 0 spiro atoms. The van der Waals surface area contributed by atoms with Gasteiger partial charge in [-0.2, -0.15) is 11.8 Å². The largest absolute Gasteiger partial charge is 0.356 e. The highest BCUT2D eigenvalue weighted by Gasteiger charge is 2.05. The predicted octanol–water partition coefficient (Wildman–Crippen LogP) is 2.02. The number of thioether (sulfide) groups is 1. The minimum absolute atomic E-state index is 0.709. The summed E-state index contributed by atoms with van der Waals surface area (Å²) in [6, 6.07) is 7.91. The van der Waals surface area contributed by atoms with Crippen molar-refractivity contribution < 1.29 is 4.52 Å². The number of hydrogen-bond acceptors (Lipinski definition) is 4. The van der Waals surface area contributed by atoms with E-state index < -0.39 is 0 Å². The number of aromatic nitrogens is 1. The SMILES string of the molecule is NCCSCc1noc2ccccc12. The third-order valence-electron chi connectivity index (χ3n) is 1.95. The van der Waals surface area contributed by atoms with Crippen LogP contribution >= 0.6 is 11.8 Å². The van der Waals surface area contributed by atoms with Crippen molar-refractivity contribution in [1.82, 2.24) is 5.16 Å². The van der Waals surface area contributed by atoms with Gasteiger partial charge in [0.05, 0.1) is 0 Å². The van der Waals surface area contributed by atoms with Crippen molar-refractivity contribution in [1.29, 1.82) is 0 Å². The molecule has 0 saturated heterocycles. The first-order chi connectivity index (χ1) is 6.92. The molecule has 0 bridgehead atoms. The Morgan fingerprint density at radius 2 is 2.21 bits per heavy atom. The minimum atomic E-state index is 0.709. The van der Waals surface area contributed by atoms with Crippen LogP contribution in [0.15, 0.2) is 28.8 Å². The van der Waals surface area contributed by atoms with Gasteiger partial charge in [-0.25, -0.2) is 0 Å². The van der Waals surface area contributed by atoms with Crippen molar-refractivity contribution in [2.45, 2.75) is 5.75 Å². The number of rotatable bonds is 4. The molecule has 2 aromatic rings. The summed E-state index contributed by atoms with van der Waals surface area (Å²) in [5, 5.41) is 5.14. The maximum absolute atomic E-state index is 5.42. The average Bonchev–Trinajstić information content (AvgIpc) is 2.63. The summed E-state index contributed by atoms with van der Waals surface area (Å²) in [5.74, 6) is 1.83. The van der Waals surface area contributed by atoms with E-state index in [1.807, 2.05) is 24.3 Å². The molecule has 0 fully saturated rings. The third-order valence-corrected chi connectivity index (χ3v) is 2.96. The van der Waals surface area contributed by atoms with Gasteiger partial charge in [0.25, 0.3) is 0 Å². The molecule has 0 unspecified atom stereocenters. The zero-order valence-corrected chi connectivity index (χ0v) is 8.59. The standard InChI is InChI=1S/C10H12N2OS/c11-5-6-14-7-9-8-3-1-2-4-10(8)13-12-9/h1-4H,5-7,11H2. The second kappa shape index (κ2) is 4.48. The Kier molecular flexibility index (Phi) is 3.06. The highest BCUT2D eigenvalue weighted by molar-refractivity contribution is 7.98. The van der Waals surface area contributed by atoms with E-state index in [0.29, 0.717) is 6.54 Å². The summed E-state index contributed by atoms with van der Waals surface area (Å²) in [4.78, 5) is 0. The summed E-state index contributed by atoms with van der Waals surface area (Å²) in [5.41, 5.74) is 7.29. The first kappa shape index (κ1) is 9.55. The highest BCUT2D eigenvalue weighted by atomic mass is 32.2. The summed E-state index contributed by atoms with van der Waals surface area (Å²) < 4.78 is 5.19. The summed E-state index contributed by atoms with van der Waals surface area (Å²) in [7, 11) is 0. The maximum atomic E-state index is 5.42. The van der Waals surface area contributed by atoms with Gasteiger partial charge < -0.3 is 10.3 Å². The minimum Gasteiger partial charge on any atom is -0.356 e. The molecule has 1 aromatic carbocycles. The first-order valence-corrected chi connectivity index (χ1v) is 5.68. The summed E-state index contributed by atoms with van der Waals surface area (Å²) in [6.07, 6.45) is 0. The molecule has 0 aliphatic heterocycles. The Hall–Kier alpha value is -1.00. The molecule has 0 radical (unpaired) electrons. The van der Waals surface area contributed by atoms with Crippen LogP contribution in [0.4, 0.5) is 0 Å². The molecule has 2 rings (SSSR count). The van der Waals surface area contributed by atoms with Gasteiger partial charge in [0.15, 0.2) is 5.58 Å². The Labute approximate surface area is 86.6 Å². The number of hydrogen-bond donors (Lipinski definition) is 1. The molecular weight excluding hydrogens is 196 g/mol. The molecule has 0 aliphatic carbocycles. The average molecular weight is 208 g/mol. The Bertz CT molecular complexity index is 413. The van der Waals surface area contributed by atoms with E-state index in [2.05, 4.69) is 5.16 Å². The van der Waals surface area contributed by atoms with Crippen LogP contribution in [0, 0.1) is 0 Å². The van der Waals surface area contributed by atoms with Crippen LogP contribution < -0.4 is 5.73 Å². The van der Waals surface area contributed by atoms with E-state index in [9.17, 15) is 0 Å².